The van der Waals surface area contributed by atoms with Crippen molar-refractivity contribution in [3.05, 3.63) is 39.7 Å². The number of nitrogens with zero attached hydrogens (tertiary/aromatic N) is 5. The Hall–Kier alpha value is -2.18. The smallest absolute Gasteiger partial charge is 0.243 e. The van der Waals surface area contributed by atoms with Gasteiger partial charge in [0.15, 0.2) is 0 Å². The lowest BCUT2D eigenvalue weighted by molar-refractivity contribution is -0.137. The number of halogens is 1. The number of carbonyl (C=O) groups excluding carboxylic acids is 1. The van der Waals surface area contributed by atoms with Gasteiger partial charge < -0.3 is 23.9 Å². The van der Waals surface area contributed by atoms with Crippen molar-refractivity contribution in [3.8, 4) is 5.75 Å². The molecule has 1 amide bonds. The van der Waals surface area contributed by atoms with Crippen LogP contribution in [0.3, 0.4) is 0 Å². The Balaban J connectivity index is 1.38. The largest absolute Gasteiger partial charge is 0.497 e. The monoisotopic (exact) mass is 564 g/mol. The average Bonchev–Trinajstić information content (AvgIpc) is 3.55. The van der Waals surface area contributed by atoms with Gasteiger partial charge >= 0.3 is 0 Å². The van der Waals surface area contributed by atoms with E-state index in [0.29, 0.717) is 12.5 Å². The molecule has 1 N–H and O–H groups in total. The van der Waals surface area contributed by atoms with E-state index in [9.17, 15) is 4.79 Å². The molecule has 0 bridgehead atoms. The van der Waals surface area contributed by atoms with Crippen LogP contribution in [0.5, 0.6) is 5.75 Å². The number of piperazine rings is 1. The van der Waals surface area contributed by atoms with E-state index in [1.54, 1.807) is 7.11 Å². The number of hydrogen-bond donors (Lipinski definition) is 1. The van der Waals surface area contributed by atoms with Crippen LogP contribution >= 0.6 is 22.6 Å². The molecule has 0 spiro atoms. The first-order valence-electron chi connectivity index (χ1n) is 11.3. The third-order valence-corrected chi connectivity index (χ3v) is 7.19. The third-order valence-electron chi connectivity index (χ3n) is 6.64. The molecule has 2 fully saturated rings. The lowest BCUT2D eigenvalue weighted by atomic mass is 10.1. The number of aryl methyl sites for hydroxylation is 1. The normalized spacial score (nSPS) is 21.7. The van der Waals surface area contributed by atoms with E-state index in [4.69, 9.17) is 9.47 Å². The van der Waals surface area contributed by atoms with Crippen molar-refractivity contribution in [2.75, 3.05) is 46.5 Å². The fourth-order valence-electron chi connectivity index (χ4n) is 4.89. The maximum absolute atomic E-state index is 13.6. The molecule has 5 rings (SSSR count). The molecular formula is C23H29IN6O3. The summed E-state index contributed by atoms with van der Waals surface area (Å²) in [6.07, 6.45) is 2.93. The molecule has 33 heavy (non-hydrogen) atoms. The highest BCUT2D eigenvalue weighted by atomic mass is 127. The second kappa shape index (κ2) is 9.59. The Kier molecular flexibility index (Phi) is 6.57. The maximum atomic E-state index is 13.6. The number of carbonyl (C=O) groups is 1. The van der Waals surface area contributed by atoms with E-state index < -0.39 is 0 Å². The first-order chi connectivity index (χ1) is 16.0. The molecule has 176 valence electrons. The van der Waals surface area contributed by atoms with Gasteiger partial charge in [-0.3, -0.25) is 9.69 Å². The van der Waals surface area contributed by atoms with Gasteiger partial charge in [0.25, 0.3) is 0 Å². The molecule has 10 heteroatoms. The summed E-state index contributed by atoms with van der Waals surface area (Å²) in [4.78, 5) is 30.6. The van der Waals surface area contributed by atoms with Gasteiger partial charge in [0.05, 0.1) is 34.6 Å². The topological polar surface area (TPSA) is 88.5 Å². The number of imidazole rings is 2. The zero-order valence-electron chi connectivity index (χ0n) is 19.0. The van der Waals surface area contributed by atoms with Crippen LogP contribution in [0.25, 0.3) is 11.0 Å². The summed E-state index contributed by atoms with van der Waals surface area (Å²) in [5.74, 6) is 3.05. The van der Waals surface area contributed by atoms with E-state index in [2.05, 4.69) is 42.4 Å². The summed E-state index contributed by atoms with van der Waals surface area (Å²) in [6, 6.07) is 5.66. The molecule has 0 saturated carbocycles. The predicted octanol–water partition coefficient (Wildman–Crippen LogP) is 2.60. The van der Waals surface area contributed by atoms with Crippen LogP contribution < -0.4 is 4.74 Å². The SMILES string of the molecule is COc1ccc2nc(C)n(CC(=O)N3CCN(CC4CCOC4)C[C@H]3c3ncc(I)[nH]3)c2c1. The van der Waals surface area contributed by atoms with Crippen molar-refractivity contribution >= 4 is 39.5 Å². The number of aromatic amines is 1. The Morgan fingerprint density at radius 3 is 2.97 bits per heavy atom. The first kappa shape index (κ1) is 22.6. The fourth-order valence-corrected chi connectivity index (χ4v) is 5.30. The first-order valence-corrected chi connectivity index (χ1v) is 12.4. The standard InChI is InChI=1S/C23H29IN6O3/c1-15-26-18-4-3-17(32-2)9-19(18)30(15)13-22(31)29-7-6-28(11-16-5-8-33-14-16)12-20(29)23-25-10-21(24)27-23/h3-4,9-10,16,20H,5-8,11-14H2,1-2H3,(H,25,27)/t16?,20-/m0/s1. The zero-order chi connectivity index (χ0) is 22.9. The summed E-state index contributed by atoms with van der Waals surface area (Å²) in [6.45, 7) is 7.15. The van der Waals surface area contributed by atoms with Gasteiger partial charge in [0, 0.05) is 38.9 Å². The number of aromatic nitrogens is 4. The Morgan fingerprint density at radius 1 is 1.36 bits per heavy atom. The lowest BCUT2D eigenvalue weighted by Gasteiger charge is -2.41. The maximum Gasteiger partial charge on any atom is 0.243 e. The predicted molar refractivity (Wildman–Crippen MR) is 132 cm³/mol. The van der Waals surface area contributed by atoms with E-state index in [-0.39, 0.29) is 18.5 Å². The van der Waals surface area contributed by atoms with E-state index >= 15 is 0 Å². The molecule has 9 nitrogen and oxygen atoms in total. The van der Waals surface area contributed by atoms with E-state index in [1.807, 2.05) is 40.8 Å². The quantitative estimate of drug-likeness (QED) is 0.464. The van der Waals surface area contributed by atoms with Crippen LogP contribution in [-0.2, 0) is 16.1 Å². The van der Waals surface area contributed by atoms with Crippen LogP contribution in [0.1, 0.15) is 24.1 Å². The molecule has 2 atom stereocenters. The number of rotatable bonds is 6. The van der Waals surface area contributed by atoms with Crippen molar-refractivity contribution < 1.29 is 14.3 Å². The number of fused-ring (bicyclic) bond motifs is 1. The summed E-state index contributed by atoms with van der Waals surface area (Å²) in [7, 11) is 1.65. The number of hydrogen-bond acceptors (Lipinski definition) is 6. The highest BCUT2D eigenvalue weighted by Gasteiger charge is 2.35. The summed E-state index contributed by atoms with van der Waals surface area (Å²) in [5.41, 5.74) is 1.77. The minimum atomic E-state index is -0.110. The summed E-state index contributed by atoms with van der Waals surface area (Å²) >= 11 is 2.23. The number of H-pyrrole nitrogens is 1. The van der Waals surface area contributed by atoms with Gasteiger partial charge in [-0.25, -0.2) is 9.97 Å². The molecule has 1 aromatic carbocycles. The molecule has 3 aromatic rings. The van der Waals surface area contributed by atoms with Gasteiger partial charge in [0.1, 0.15) is 30.0 Å². The molecule has 2 aliphatic heterocycles. The lowest BCUT2D eigenvalue weighted by Crippen LogP contribution is -2.52. The summed E-state index contributed by atoms with van der Waals surface area (Å²) in [5, 5.41) is 0. The van der Waals surface area contributed by atoms with Gasteiger partial charge in [-0.2, -0.15) is 0 Å². The van der Waals surface area contributed by atoms with Crippen molar-refractivity contribution in [2.24, 2.45) is 5.92 Å². The molecule has 2 aromatic heterocycles. The van der Waals surface area contributed by atoms with E-state index in [0.717, 1.165) is 71.4 Å². The molecule has 1 unspecified atom stereocenters. The second-order valence-corrected chi connectivity index (χ2v) is 9.97. The highest BCUT2D eigenvalue weighted by molar-refractivity contribution is 14.1. The van der Waals surface area contributed by atoms with Crippen molar-refractivity contribution in [2.45, 2.75) is 25.9 Å². The van der Waals surface area contributed by atoms with Crippen molar-refractivity contribution in [1.82, 2.24) is 29.3 Å². The highest BCUT2D eigenvalue weighted by Crippen LogP contribution is 2.27. The fraction of sp³-hybridized carbons (Fsp3) is 0.522. The number of methoxy groups -OCH3 is 1. The molecule has 2 saturated heterocycles. The molecular weight excluding hydrogens is 535 g/mol. The molecule has 0 aliphatic carbocycles. The summed E-state index contributed by atoms with van der Waals surface area (Å²) < 4.78 is 13.9. The zero-order valence-corrected chi connectivity index (χ0v) is 21.1. The third kappa shape index (κ3) is 4.73. The Bertz CT molecular complexity index is 1140. The van der Waals surface area contributed by atoms with Gasteiger partial charge in [-0.1, -0.05) is 0 Å². The Labute approximate surface area is 206 Å². The van der Waals surface area contributed by atoms with Crippen LogP contribution in [0.2, 0.25) is 0 Å². The van der Waals surface area contributed by atoms with Crippen LogP contribution in [0.4, 0.5) is 0 Å². The Morgan fingerprint density at radius 2 is 2.24 bits per heavy atom. The minimum Gasteiger partial charge on any atom is -0.497 e. The average molecular weight is 564 g/mol. The number of amides is 1. The van der Waals surface area contributed by atoms with Gasteiger partial charge in [-0.15, -0.1) is 0 Å². The van der Waals surface area contributed by atoms with E-state index in [1.165, 1.54) is 0 Å². The van der Waals surface area contributed by atoms with Crippen LogP contribution in [-0.4, -0.2) is 81.7 Å². The van der Waals surface area contributed by atoms with Crippen LogP contribution in [0.15, 0.2) is 24.4 Å². The van der Waals surface area contributed by atoms with Crippen LogP contribution in [0, 0.1) is 16.5 Å². The number of benzene rings is 1. The second-order valence-electron chi connectivity index (χ2n) is 8.81. The van der Waals surface area contributed by atoms with Gasteiger partial charge in [0.2, 0.25) is 5.91 Å². The van der Waals surface area contributed by atoms with Gasteiger partial charge in [-0.05, 0) is 54.0 Å². The number of ether oxygens (including phenoxy) is 2. The minimum absolute atomic E-state index is 0.0699. The molecule has 2 aliphatic rings. The van der Waals surface area contributed by atoms with Crippen molar-refractivity contribution in [1.29, 1.82) is 0 Å². The van der Waals surface area contributed by atoms with Crippen molar-refractivity contribution in [3.63, 3.8) is 0 Å². The molecule has 0 radical (unpaired) electrons. The molecule has 4 heterocycles. The number of nitrogens with one attached hydrogen (secondary N) is 1.